The summed E-state index contributed by atoms with van der Waals surface area (Å²) in [5.74, 6) is 2.11. The summed E-state index contributed by atoms with van der Waals surface area (Å²) in [6.45, 7) is 1.57. The van der Waals surface area contributed by atoms with Gasteiger partial charge in [0.15, 0.2) is 13.2 Å². The number of ether oxygens (including phenoxy) is 2. The van der Waals surface area contributed by atoms with E-state index in [1.165, 1.54) is 38.5 Å². The number of hydrogen-bond acceptors (Lipinski definition) is 4. The number of nitrogens with one attached hydrogen (secondary N) is 1. The Hall–Kier alpha value is -1.75. The molecule has 152 valence electrons. The van der Waals surface area contributed by atoms with Crippen molar-refractivity contribution in [2.24, 2.45) is 23.2 Å². The summed E-state index contributed by atoms with van der Waals surface area (Å²) in [6.07, 6.45) is 7.82. The first-order valence-corrected chi connectivity index (χ1v) is 10.6. The van der Waals surface area contributed by atoms with E-state index >= 15 is 0 Å². The molecular weight excluding hydrogens is 378 g/mol. The molecule has 4 aliphatic rings. The van der Waals surface area contributed by atoms with Crippen LogP contribution >= 0.6 is 11.6 Å². The molecule has 0 spiro atoms. The molecule has 28 heavy (non-hydrogen) atoms. The van der Waals surface area contributed by atoms with Crippen molar-refractivity contribution in [2.75, 3.05) is 13.2 Å². The van der Waals surface area contributed by atoms with Gasteiger partial charge in [-0.2, -0.15) is 0 Å². The van der Waals surface area contributed by atoms with Crippen LogP contribution < -0.4 is 10.1 Å². The van der Waals surface area contributed by atoms with Gasteiger partial charge < -0.3 is 14.8 Å². The van der Waals surface area contributed by atoms with Crippen molar-refractivity contribution in [3.63, 3.8) is 0 Å². The van der Waals surface area contributed by atoms with Gasteiger partial charge in [-0.25, -0.2) is 4.79 Å². The Morgan fingerprint density at radius 1 is 1.11 bits per heavy atom. The van der Waals surface area contributed by atoms with Crippen molar-refractivity contribution in [1.82, 2.24) is 5.32 Å². The maximum Gasteiger partial charge on any atom is 0.344 e. The van der Waals surface area contributed by atoms with Crippen molar-refractivity contribution in [3.8, 4) is 5.75 Å². The van der Waals surface area contributed by atoms with Crippen molar-refractivity contribution in [3.05, 3.63) is 29.3 Å². The maximum atomic E-state index is 12.3. The Bertz CT molecular complexity index is 715. The number of benzene rings is 1. The number of esters is 1. The molecule has 6 heteroatoms. The molecule has 5 nitrogen and oxygen atoms in total. The van der Waals surface area contributed by atoms with Crippen LogP contribution in [0.4, 0.5) is 0 Å². The predicted octanol–water partition coefficient (Wildman–Crippen LogP) is 3.98. The van der Waals surface area contributed by atoms with E-state index in [1.54, 1.807) is 24.3 Å². The van der Waals surface area contributed by atoms with Crippen LogP contribution in [0.3, 0.4) is 0 Å². The Kier molecular flexibility index (Phi) is 5.55. The number of carbonyl (C=O) groups is 2. The largest absolute Gasteiger partial charge is 0.480 e. The summed E-state index contributed by atoms with van der Waals surface area (Å²) in [5.41, 5.74) is 0.238. The normalized spacial score (nSPS) is 31.3. The number of hydrogen-bond donors (Lipinski definition) is 1. The number of carbonyl (C=O) groups excluding carboxylic acids is 2. The molecule has 1 aromatic carbocycles. The predicted molar refractivity (Wildman–Crippen MR) is 106 cm³/mol. The zero-order chi connectivity index (χ0) is 19.7. The number of para-hydroxylation sites is 1. The lowest BCUT2D eigenvalue weighted by molar-refractivity contribution is -0.151. The van der Waals surface area contributed by atoms with Crippen LogP contribution in [0.25, 0.3) is 0 Å². The molecule has 1 amide bonds. The summed E-state index contributed by atoms with van der Waals surface area (Å²) in [4.78, 5) is 24.2. The molecule has 0 aromatic heterocycles. The third-order valence-electron chi connectivity index (χ3n) is 6.93. The first-order valence-electron chi connectivity index (χ1n) is 10.3. The van der Waals surface area contributed by atoms with E-state index in [9.17, 15) is 9.59 Å². The Morgan fingerprint density at radius 3 is 2.32 bits per heavy atom. The number of rotatable bonds is 7. The van der Waals surface area contributed by atoms with E-state index in [0.717, 1.165) is 17.8 Å². The summed E-state index contributed by atoms with van der Waals surface area (Å²) in [7, 11) is 0. The lowest BCUT2D eigenvalue weighted by Gasteiger charge is -2.59. The summed E-state index contributed by atoms with van der Waals surface area (Å²) in [6, 6.07) is 7.03. The van der Waals surface area contributed by atoms with E-state index in [0.29, 0.717) is 10.8 Å². The van der Waals surface area contributed by atoms with Gasteiger partial charge in [0.1, 0.15) is 5.75 Å². The Morgan fingerprint density at radius 2 is 1.71 bits per heavy atom. The minimum absolute atomic E-state index is 0.117. The summed E-state index contributed by atoms with van der Waals surface area (Å²) >= 11 is 5.98. The molecule has 0 heterocycles. The van der Waals surface area contributed by atoms with E-state index in [1.807, 2.05) is 0 Å². The average Bonchev–Trinajstić information content (AvgIpc) is 2.64. The third-order valence-corrected chi connectivity index (χ3v) is 7.24. The van der Waals surface area contributed by atoms with E-state index in [4.69, 9.17) is 21.1 Å². The molecule has 0 radical (unpaired) electrons. The molecule has 1 aromatic rings. The second-order valence-electron chi connectivity index (χ2n) is 8.95. The minimum atomic E-state index is -0.586. The molecule has 0 aliphatic heterocycles. The van der Waals surface area contributed by atoms with Crippen LogP contribution in [0.15, 0.2) is 24.3 Å². The molecule has 1 atom stereocenters. The highest BCUT2D eigenvalue weighted by atomic mass is 35.5. The van der Waals surface area contributed by atoms with Gasteiger partial charge in [-0.1, -0.05) is 23.7 Å². The van der Waals surface area contributed by atoms with Gasteiger partial charge >= 0.3 is 5.97 Å². The number of halogens is 1. The smallest absolute Gasteiger partial charge is 0.344 e. The maximum absolute atomic E-state index is 12.3. The molecule has 4 saturated carbocycles. The summed E-state index contributed by atoms with van der Waals surface area (Å²) < 4.78 is 10.4. The quantitative estimate of drug-likeness (QED) is 0.697. The SMILES string of the molecule is C[C@H](NC(=O)COC(=O)COc1ccccc1Cl)C12CC3CC(CC(C3)C1)C2. The highest BCUT2D eigenvalue weighted by Crippen LogP contribution is 2.61. The van der Waals surface area contributed by atoms with Gasteiger partial charge in [-0.3, -0.25) is 4.79 Å². The van der Waals surface area contributed by atoms with Gasteiger partial charge in [0.25, 0.3) is 5.91 Å². The van der Waals surface area contributed by atoms with Crippen molar-refractivity contribution in [1.29, 1.82) is 0 Å². The molecule has 4 bridgehead atoms. The fourth-order valence-electron chi connectivity index (χ4n) is 6.03. The monoisotopic (exact) mass is 405 g/mol. The lowest BCUT2D eigenvalue weighted by atomic mass is 9.48. The topological polar surface area (TPSA) is 64.6 Å². The number of amides is 1. The van der Waals surface area contributed by atoms with E-state index < -0.39 is 5.97 Å². The lowest BCUT2D eigenvalue weighted by Crippen LogP contribution is -2.56. The van der Waals surface area contributed by atoms with Gasteiger partial charge in [0, 0.05) is 6.04 Å². The van der Waals surface area contributed by atoms with Crippen molar-refractivity contribution >= 4 is 23.5 Å². The van der Waals surface area contributed by atoms with Crippen molar-refractivity contribution in [2.45, 2.75) is 51.5 Å². The zero-order valence-electron chi connectivity index (χ0n) is 16.3. The van der Waals surface area contributed by atoms with Crippen LogP contribution in [0, 0.1) is 23.2 Å². The van der Waals surface area contributed by atoms with E-state index in [2.05, 4.69) is 12.2 Å². The fraction of sp³-hybridized carbons (Fsp3) is 0.636. The first-order chi connectivity index (χ1) is 13.4. The van der Waals surface area contributed by atoms with Gasteiger partial charge in [0.2, 0.25) is 0 Å². The first kappa shape index (κ1) is 19.6. The second-order valence-corrected chi connectivity index (χ2v) is 9.36. The van der Waals surface area contributed by atoms with Gasteiger partial charge in [-0.05, 0) is 80.8 Å². The second kappa shape index (κ2) is 7.94. The highest BCUT2D eigenvalue weighted by molar-refractivity contribution is 6.32. The van der Waals surface area contributed by atoms with Crippen LogP contribution in [0.1, 0.15) is 45.4 Å². The third kappa shape index (κ3) is 4.14. The molecule has 5 rings (SSSR count). The summed E-state index contributed by atoms with van der Waals surface area (Å²) in [5, 5.41) is 3.53. The van der Waals surface area contributed by atoms with Gasteiger partial charge in [-0.15, -0.1) is 0 Å². The van der Waals surface area contributed by atoms with Crippen LogP contribution in [0.5, 0.6) is 5.75 Å². The van der Waals surface area contributed by atoms with Crippen LogP contribution in [-0.2, 0) is 14.3 Å². The molecule has 0 unspecified atom stereocenters. The molecule has 4 fully saturated rings. The van der Waals surface area contributed by atoms with Gasteiger partial charge in [0.05, 0.1) is 5.02 Å². The minimum Gasteiger partial charge on any atom is -0.480 e. The molecule has 0 saturated heterocycles. The fourth-order valence-corrected chi connectivity index (χ4v) is 6.22. The highest BCUT2D eigenvalue weighted by Gasteiger charge is 2.53. The molecule has 4 aliphatic carbocycles. The molecule has 1 N–H and O–H groups in total. The zero-order valence-corrected chi connectivity index (χ0v) is 17.0. The van der Waals surface area contributed by atoms with Crippen molar-refractivity contribution < 1.29 is 19.1 Å². The van der Waals surface area contributed by atoms with Crippen LogP contribution in [0.2, 0.25) is 5.02 Å². The van der Waals surface area contributed by atoms with E-state index in [-0.39, 0.29) is 30.6 Å². The Balaban J connectivity index is 1.22. The average molecular weight is 406 g/mol. The Labute approximate surface area is 171 Å². The molecular formula is C22H28ClNO4. The standard InChI is InChI=1S/C22H28ClNO4/c1-14(22-9-15-6-16(10-22)8-17(7-15)11-22)24-20(25)12-28-21(26)13-27-19-5-3-2-4-18(19)23/h2-5,14-17H,6-13H2,1H3,(H,24,25)/t14-,15?,16?,17?,22?/m0/s1. The van der Waals surface area contributed by atoms with Crippen LogP contribution in [-0.4, -0.2) is 31.1 Å².